The molecule has 17 heavy (non-hydrogen) atoms. The Morgan fingerprint density at radius 1 is 1.41 bits per heavy atom. The number of nitrogens with zero attached hydrogens (tertiary/aromatic N) is 3. The topological polar surface area (TPSA) is 34.8 Å². The standard InChI is InChI=1S/C13H20N4/c1-11(2)14-8-13-5-4-6-17(13)10-12-7-15-16(3)9-12/h4-7,9,11,14H,8,10H2,1-3H3. The Morgan fingerprint density at radius 2 is 2.24 bits per heavy atom. The van der Waals surface area contributed by atoms with E-state index in [0.717, 1.165) is 13.1 Å². The van der Waals surface area contributed by atoms with Gasteiger partial charge in [0.25, 0.3) is 0 Å². The van der Waals surface area contributed by atoms with Gasteiger partial charge in [-0.2, -0.15) is 5.10 Å². The highest BCUT2D eigenvalue weighted by molar-refractivity contribution is 5.12. The molecule has 0 saturated heterocycles. The molecule has 0 aromatic carbocycles. The van der Waals surface area contributed by atoms with E-state index in [1.54, 1.807) is 0 Å². The summed E-state index contributed by atoms with van der Waals surface area (Å²) in [4.78, 5) is 0. The fourth-order valence-electron chi connectivity index (χ4n) is 1.82. The van der Waals surface area contributed by atoms with Crippen molar-refractivity contribution in [3.05, 3.63) is 42.0 Å². The highest BCUT2D eigenvalue weighted by Gasteiger charge is 2.03. The Bertz CT molecular complexity index is 467. The minimum atomic E-state index is 0.511. The monoisotopic (exact) mass is 232 g/mol. The second kappa shape index (κ2) is 5.19. The highest BCUT2D eigenvalue weighted by atomic mass is 15.2. The van der Waals surface area contributed by atoms with Crippen molar-refractivity contribution in [3.8, 4) is 0 Å². The molecule has 0 radical (unpaired) electrons. The number of rotatable bonds is 5. The molecule has 0 aliphatic rings. The summed E-state index contributed by atoms with van der Waals surface area (Å²) in [5.74, 6) is 0. The predicted octanol–water partition coefficient (Wildman–Crippen LogP) is 1.77. The van der Waals surface area contributed by atoms with Crippen LogP contribution in [-0.2, 0) is 20.1 Å². The molecule has 0 spiro atoms. The molecule has 0 fully saturated rings. The van der Waals surface area contributed by atoms with E-state index in [1.807, 2.05) is 17.9 Å². The highest BCUT2D eigenvalue weighted by Crippen LogP contribution is 2.07. The van der Waals surface area contributed by atoms with Gasteiger partial charge in [0.15, 0.2) is 0 Å². The van der Waals surface area contributed by atoms with Gasteiger partial charge in [0.2, 0.25) is 0 Å². The summed E-state index contributed by atoms with van der Waals surface area (Å²) in [6, 6.07) is 4.76. The molecule has 2 aromatic heterocycles. The van der Waals surface area contributed by atoms with Crippen LogP contribution < -0.4 is 5.32 Å². The van der Waals surface area contributed by atoms with E-state index in [9.17, 15) is 0 Å². The van der Waals surface area contributed by atoms with Crippen molar-refractivity contribution in [2.75, 3.05) is 0 Å². The lowest BCUT2D eigenvalue weighted by Crippen LogP contribution is -2.23. The Balaban J connectivity index is 2.03. The summed E-state index contributed by atoms with van der Waals surface area (Å²) < 4.78 is 4.09. The van der Waals surface area contributed by atoms with Crippen LogP contribution >= 0.6 is 0 Å². The van der Waals surface area contributed by atoms with Crippen molar-refractivity contribution in [2.45, 2.75) is 33.0 Å². The molecule has 4 heteroatoms. The molecule has 0 atom stereocenters. The SMILES string of the molecule is CC(C)NCc1cccn1Cc1cnn(C)c1. The fourth-order valence-corrected chi connectivity index (χ4v) is 1.82. The zero-order valence-electron chi connectivity index (χ0n) is 10.7. The van der Waals surface area contributed by atoms with Crippen molar-refractivity contribution in [1.82, 2.24) is 19.7 Å². The summed E-state index contributed by atoms with van der Waals surface area (Å²) in [5, 5.41) is 7.63. The molecule has 4 nitrogen and oxygen atoms in total. The molecule has 0 amide bonds. The molecule has 2 aromatic rings. The first-order chi connectivity index (χ1) is 8.15. The van der Waals surface area contributed by atoms with Crippen LogP contribution in [-0.4, -0.2) is 20.4 Å². The number of hydrogen-bond donors (Lipinski definition) is 1. The van der Waals surface area contributed by atoms with Crippen molar-refractivity contribution >= 4 is 0 Å². The Labute approximate surface area is 102 Å². The molecule has 2 heterocycles. The first-order valence-corrected chi connectivity index (χ1v) is 6.00. The zero-order valence-corrected chi connectivity index (χ0v) is 10.7. The van der Waals surface area contributed by atoms with Crippen LogP contribution in [0.3, 0.4) is 0 Å². The Morgan fingerprint density at radius 3 is 2.88 bits per heavy atom. The second-order valence-electron chi connectivity index (χ2n) is 4.69. The minimum Gasteiger partial charge on any atom is -0.346 e. The van der Waals surface area contributed by atoms with Crippen molar-refractivity contribution < 1.29 is 0 Å². The smallest absolute Gasteiger partial charge is 0.0539 e. The van der Waals surface area contributed by atoms with Gasteiger partial charge in [-0.3, -0.25) is 4.68 Å². The van der Waals surface area contributed by atoms with Gasteiger partial charge in [-0.05, 0) is 12.1 Å². The predicted molar refractivity (Wildman–Crippen MR) is 68.7 cm³/mol. The van der Waals surface area contributed by atoms with Crippen LogP contribution in [0.15, 0.2) is 30.7 Å². The lowest BCUT2D eigenvalue weighted by atomic mass is 10.3. The van der Waals surface area contributed by atoms with Gasteiger partial charge in [-0.1, -0.05) is 13.8 Å². The van der Waals surface area contributed by atoms with E-state index in [-0.39, 0.29) is 0 Å². The molecule has 0 aliphatic heterocycles. The van der Waals surface area contributed by atoms with Crippen LogP contribution in [0.2, 0.25) is 0 Å². The van der Waals surface area contributed by atoms with Crippen LogP contribution in [0.5, 0.6) is 0 Å². The second-order valence-corrected chi connectivity index (χ2v) is 4.69. The summed E-state index contributed by atoms with van der Waals surface area (Å²) in [6.07, 6.45) is 6.09. The van der Waals surface area contributed by atoms with Crippen LogP contribution in [0.25, 0.3) is 0 Å². The van der Waals surface area contributed by atoms with Gasteiger partial charge >= 0.3 is 0 Å². The molecular weight excluding hydrogens is 212 g/mol. The lowest BCUT2D eigenvalue weighted by molar-refractivity contribution is 0.564. The van der Waals surface area contributed by atoms with Crippen LogP contribution in [0, 0.1) is 0 Å². The van der Waals surface area contributed by atoms with Gasteiger partial charge in [0, 0.05) is 43.3 Å². The molecular formula is C13H20N4. The molecule has 0 bridgehead atoms. The van der Waals surface area contributed by atoms with Crippen molar-refractivity contribution in [1.29, 1.82) is 0 Å². The van der Waals surface area contributed by atoms with E-state index < -0.39 is 0 Å². The number of hydrogen-bond acceptors (Lipinski definition) is 2. The molecule has 0 saturated carbocycles. The third kappa shape index (κ3) is 3.20. The van der Waals surface area contributed by atoms with E-state index in [2.05, 4.69) is 53.4 Å². The van der Waals surface area contributed by atoms with Gasteiger partial charge < -0.3 is 9.88 Å². The van der Waals surface area contributed by atoms with Gasteiger partial charge in [0.1, 0.15) is 0 Å². The molecule has 0 aliphatic carbocycles. The Kier molecular flexibility index (Phi) is 3.64. The van der Waals surface area contributed by atoms with E-state index >= 15 is 0 Å². The first-order valence-electron chi connectivity index (χ1n) is 6.00. The lowest BCUT2D eigenvalue weighted by Gasteiger charge is -2.11. The minimum absolute atomic E-state index is 0.511. The normalized spacial score (nSPS) is 11.3. The van der Waals surface area contributed by atoms with E-state index in [4.69, 9.17) is 0 Å². The summed E-state index contributed by atoms with van der Waals surface area (Å²) in [6.45, 7) is 6.11. The van der Waals surface area contributed by atoms with E-state index in [1.165, 1.54) is 11.3 Å². The fraction of sp³-hybridized carbons (Fsp3) is 0.462. The van der Waals surface area contributed by atoms with E-state index in [0.29, 0.717) is 6.04 Å². The average Bonchev–Trinajstić information content (AvgIpc) is 2.86. The molecule has 92 valence electrons. The first kappa shape index (κ1) is 11.9. The molecule has 1 N–H and O–H groups in total. The number of nitrogens with one attached hydrogen (secondary N) is 1. The van der Waals surface area contributed by atoms with Gasteiger partial charge in [-0.15, -0.1) is 0 Å². The largest absolute Gasteiger partial charge is 0.346 e. The third-order valence-electron chi connectivity index (χ3n) is 2.73. The maximum absolute atomic E-state index is 4.19. The Hall–Kier alpha value is -1.55. The number of aryl methyl sites for hydroxylation is 1. The summed E-state index contributed by atoms with van der Waals surface area (Å²) >= 11 is 0. The molecule has 0 unspecified atom stereocenters. The molecule has 2 rings (SSSR count). The summed E-state index contributed by atoms with van der Waals surface area (Å²) in [5.41, 5.74) is 2.54. The maximum Gasteiger partial charge on any atom is 0.0539 e. The number of aromatic nitrogens is 3. The average molecular weight is 232 g/mol. The van der Waals surface area contributed by atoms with Gasteiger partial charge in [0.05, 0.1) is 12.7 Å². The quantitative estimate of drug-likeness (QED) is 0.852. The van der Waals surface area contributed by atoms with Gasteiger partial charge in [-0.25, -0.2) is 0 Å². The third-order valence-corrected chi connectivity index (χ3v) is 2.73. The van der Waals surface area contributed by atoms with Crippen molar-refractivity contribution in [2.24, 2.45) is 7.05 Å². The van der Waals surface area contributed by atoms with Crippen LogP contribution in [0.4, 0.5) is 0 Å². The maximum atomic E-state index is 4.19. The van der Waals surface area contributed by atoms with Crippen molar-refractivity contribution in [3.63, 3.8) is 0 Å². The van der Waals surface area contributed by atoms with Crippen LogP contribution in [0.1, 0.15) is 25.1 Å². The zero-order chi connectivity index (χ0) is 12.3. The summed E-state index contributed by atoms with van der Waals surface area (Å²) in [7, 11) is 1.94.